The van der Waals surface area contributed by atoms with Gasteiger partial charge in [-0.1, -0.05) is 23.7 Å². The van der Waals surface area contributed by atoms with E-state index in [-0.39, 0.29) is 12.5 Å². The van der Waals surface area contributed by atoms with Crippen molar-refractivity contribution in [3.63, 3.8) is 0 Å². The van der Waals surface area contributed by atoms with Crippen LogP contribution in [0.3, 0.4) is 0 Å². The van der Waals surface area contributed by atoms with E-state index in [0.717, 1.165) is 22.5 Å². The van der Waals surface area contributed by atoms with Crippen LogP contribution in [0.2, 0.25) is 5.02 Å². The van der Waals surface area contributed by atoms with Gasteiger partial charge in [-0.05, 0) is 42.0 Å². The summed E-state index contributed by atoms with van der Waals surface area (Å²) in [6, 6.07) is 13.2. The number of aliphatic hydroxyl groups is 1. The van der Waals surface area contributed by atoms with Gasteiger partial charge >= 0.3 is 0 Å². The summed E-state index contributed by atoms with van der Waals surface area (Å²) in [5.74, 6) is -0.122. The van der Waals surface area contributed by atoms with Crippen LogP contribution < -0.4 is 10.2 Å². The Morgan fingerprint density at radius 1 is 1.22 bits per heavy atom. The largest absolute Gasteiger partial charge is 0.395 e. The fourth-order valence-corrected chi connectivity index (χ4v) is 2.75. The van der Waals surface area contributed by atoms with Crippen LogP contribution in [-0.4, -0.2) is 31.2 Å². The maximum Gasteiger partial charge on any atom is 0.256 e. The summed E-state index contributed by atoms with van der Waals surface area (Å²) >= 11 is 6.03. The molecular weight excluding hydrogens is 312 g/mol. The molecule has 2 aromatic rings. The number of carbonyl (C=O) groups excluding carboxylic acids is 1. The fraction of sp³-hybridized carbons (Fsp3) is 0.167. The molecule has 0 saturated carbocycles. The smallest absolute Gasteiger partial charge is 0.256 e. The Kier molecular flexibility index (Phi) is 4.37. The van der Waals surface area contributed by atoms with Crippen LogP contribution in [0.1, 0.15) is 11.1 Å². The van der Waals surface area contributed by atoms with Crippen molar-refractivity contribution in [1.29, 1.82) is 0 Å². The number of benzene rings is 2. The second-order valence-corrected chi connectivity index (χ2v) is 5.88. The maximum atomic E-state index is 12.1. The molecule has 4 nitrogen and oxygen atoms in total. The van der Waals surface area contributed by atoms with Crippen molar-refractivity contribution >= 4 is 40.5 Å². The molecule has 1 heterocycles. The van der Waals surface area contributed by atoms with Gasteiger partial charge in [0.15, 0.2) is 0 Å². The van der Waals surface area contributed by atoms with Gasteiger partial charge in [-0.15, -0.1) is 0 Å². The number of carbonyl (C=O) groups is 1. The van der Waals surface area contributed by atoms with Crippen LogP contribution >= 0.6 is 11.6 Å². The molecule has 1 aliphatic heterocycles. The Morgan fingerprint density at radius 2 is 1.96 bits per heavy atom. The van der Waals surface area contributed by atoms with E-state index in [1.165, 1.54) is 0 Å². The molecule has 0 radical (unpaired) electrons. The lowest BCUT2D eigenvalue weighted by Crippen LogP contribution is -2.20. The SMILES string of the molecule is CN(CCO)c1ccc(/C=C2/C(=O)Nc3ccc(Cl)cc32)cc1. The number of amides is 1. The molecular formula is C18H17ClN2O2. The lowest BCUT2D eigenvalue weighted by atomic mass is 10.0. The summed E-state index contributed by atoms with van der Waals surface area (Å²) in [6.45, 7) is 0.689. The van der Waals surface area contributed by atoms with E-state index in [1.54, 1.807) is 12.1 Å². The first-order valence-electron chi connectivity index (χ1n) is 7.33. The highest BCUT2D eigenvalue weighted by Gasteiger charge is 2.24. The number of aliphatic hydroxyl groups excluding tert-OH is 1. The number of nitrogens with zero attached hydrogens (tertiary/aromatic N) is 1. The molecule has 0 aliphatic carbocycles. The van der Waals surface area contributed by atoms with Gasteiger partial charge in [-0.2, -0.15) is 0 Å². The van der Waals surface area contributed by atoms with Gasteiger partial charge in [-0.3, -0.25) is 4.79 Å². The van der Waals surface area contributed by atoms with Crippen molar-refractivity contribution < 1.29 is 9.90 Å². The molecule has 23 heavy (non-hydrogen) atoms. The highest BCUT2D eigenvalue weighted by molar-refractivity contribution is 6.36. The van der Waals surface area contributed by atoms with Crippen LogP contribution in [0.15, 0.2) is 42.5 Å². The minimum Gasteiger partial charge on any atom is -0.395 e. The van der Waals surface area contributed by atoms with Gasteiger partial charge in [0, 0.05) is 41.1 Å². The molecule has 2 aromatic carbocycles. The molecule has 3 rings (SSSR count). The number of anilines is 2. The van der Waals surface area contributed by atoms with E-state index < -0.39 is 0 Å². The van der Waals surface area contributed by atoms with Crippen molar-refractivity contribution in [2.24, 2.45) is 0 Å². The molecule has 0 atom stereocenters. The molecule has 1 amide bonds. The Bertz CT molecular complexity index is 769. The van der Waals surface area contributed by atoms with E-state index in [1.807, 2.05) is 48.4 Å². The number of nitrogens with one attached hydrogen (secondary N) is 1. The third kappa shape index (κ3) is 3.23. The third-order valence-electron chi connectivity index (χ3n) is 3.84. The van der Waals surface area contributed by atoms with E-state index >= 15 is 0 Å². The van der Waals surface area contributed by atoms with E-state index in [4.69, 9.17) is 16.7 Å². The molecule has 118 valence electrons. The van der Waals surface area contributed by atoms with Crippen LogP contribution in [0, 0.1) is 0 Å². The number of halogens is 1. The normalized spacial score (nSPS) is 14.7. The molecule has 0 unspecified atom stereocenters. The Balaban J connectivity index is 1.90. The standard InChI is InChI=1S/C18H17ClN2O2/c1-21(8-9-22)14-5-2-12(3-6-14)10-16-15-11-13(19)4-7-17(15)20-18(16)23/h2-7,10-11,22H,8-9H2,1H3,(H,20,23)/b16-10+. The predicted octanol–water partition coefficient (Wildman–Crippen LogP) is 3.26. The minimum absolute atomic E-state index is 0.111. The fourth-order valence-electron chi connectivity index (χ4n) is 2.57. The Morgan fingerprint density at radius 3 is 2.65 bits per heavy atom. The van der Waals surface area contributed by atoms with Gasteiger partial charge in [0.05, 0.1) is 6.61 Å². The molecule has 0 fully saturated rings. The molecule has 0 spiro atoms. The summed E-state index contributed by atoms with van der Waals surface area (Å²) in [7, 11) is 1.92. The van der Waals surface area contributed by atoms with Crippen LogP contribution in [0.4, 0.5) is 11.4 Å². The lowest BCUT2D eigenvalue weighted by Gasteiger charge is -2.17. The van der Waals surface area contributed by atoms with Crippen molar-refractivity contribution in [2.45, 2.75) is 0 Å². The second kappa shape index (κ2) is 6.44. The number of hydrogen-bond acceptors (Lipinski definition) is 3. The first kappa shape index (κ1) is 15.6. The van der Waals surface area contributed by atoms with Gasteiger partial charge in [0.25, 0.3) is 5.91 Å². The van der Waals surface area contributed by atoms with Gasteiger partial charge < -0.3 is 15.3 Å². The zero-order chi connectivity index (χ0) is 16.4. The highest BCUT2D eigenvalue weighted by Crippen LogP contribution is 2.35. The van der Waals surface area contributed by atoms with Crippen LogP contribution in [0.25, 0.3) is 11.6 Å². The average Bonchev–Trinajstić information content (AvgIpc) is 2.84. The monoisotopic (exact) mass is 328 g/mol. The summed E-state index contributed by atoms with van der Waals surface area (Å²) in [4.78, 5) is 14.1. The quantitative estimate of drug-likeness (QED) is 0.847. The van der Waals surface area contributed by atoms with E-state index in [2.05, 4.69) is 5.32 Å². The van der Waals surface area contributed by atoms with Crippen molar-refractivity contribution in [2.75, 3.05) is 30.4 Å². The van der Waals surface area contributed by atoms with Crippen LogP contribution in [0.5, 0.6) is 0 Å². The van der Waals surface area contributed by atoms with Crippen molar-refractivity contribution in [1.82, 2.24) is 0 Å². The van der Waals surface area contributed by atoms with E-state index in [9.17, 15) is 4.79 Å². The van der Waals surface area contributed by atoms with Crippen molar-refractivity contribution in [3.05, 3.63) is 58.6 Å². The molecule has 0 saturated heterocycles. The summed E-state index contributed by atoms with van der Waals surface area (Å²) < 4.78 is 0. The maximum absolute atomic E-state index is 12.1. The Hall–Kier alpha value is -2.30. The highest BCUT2D eigenvalue weighted by atomic mass is 35.5. The van der Waals surface area contributed by atoms with Gasteiger partial charge in [-0.25, -0.2) is 0 Å². The number of hydrogen-bond donors (Lipinski definition) is 2. The number of fused-ring (bicyclic) bond motifs is 1. The molecule has 5 heteroatoms. The molecule has 2 N–H and O–H groups in total. The first-order chi connectivity index (χ1) is 11.1. The topological polar surface area (TPSA) is 52.6 Å². The summed E-state index contributed by atoms with van der Waals surface area (Å²) in [6.07, 6.45) is 1.85. The molecule has 1 aliphatic rings. The van der Waals surface area contributed by atoms with Crippen molar-refractivity contribution in [3.8, 4) is 0 Å². The Labute approximate surface area is 140 Å². The van der Waals surface area contributed by atoms with E-state index in [0.29, 0.717) is 17.1 Å². The van der Waals surface area contributed by atoms with Crippen LogP contribution in [-0.2, 0) is 4.79 Å². The zero-order valence-electron chi connectivity index (χ0n) is 12.7. The zero-order valence-corrected chi connectivity index (χ0v) is 13.5. The summed E-state index contributed by atoms with van der Waals surface area (Å²) in [5, 5.41) is 12.4. The summed E-state index contributed by atoms with van der Waals surface area (Å²) in [5.41, 5.74) is 4.16. The molecule has 0 aromatic heterocycles. The lowest BCUT2D eigenvalue weighted by molar-refractivity contribution is -0.110. The molecule has 0 bridgehead atoms. The minimum atomic E-state index is -0.122. The average molecular weight is 329 g/mol. The first-order valence-corrected chi connectivity index (χ1v) is 7.71. The number of rotatable bonds is 4. The second-order valence-electron chi connectivity index (χ2n) is 5.44. The van der Waals surface area contributed by atoms with Gasteiger partial charge in [0.2, 0.25) is 0 Å². The third-order valence-corrected chi connectivity index (χ3v) is 4.08. The predicted molar refractivity (Wildman–Crippen MR) is 94.8 cm³/mol. The van der Waals surface area contributed by atoms with Gasteiger partial charge in [0.1, 0.15) is 0 Å². The number of likely N-dealkylation sites (N-methyl/N-ethyl adjacent to an activating group) is 1.